The van der Waals surface area contributed by atoms with E-state index >= 15 is 0 Å². The third kappa shape index (κ3) is 2.64. The Morgan fingerprint density at radius 2 is 2.29 bits per heavy atom. The standard InChI is InChI=1S/C15H20N2O3S/c1-16(9-11-5-3-7-21-11)15(20)17-8-10-4-2-6-12(10)13(17)14(18)19/h3,5,7,10,12-13H,2,4,6,8-9H2,1H3,(H,18,19). The van der Waals surface area contributed by atoms with Gasteiger partial charge in [0, 0.05) is 18.5 Å². The van der Waals surface area contributed by atoms with Crippen molar-refractivity contribution in [3.63, 3.8) is 0 Å². The summed E-state index contributed by atoms with van der Waals surface area (Å²) in [6, 6.07) is 3.14. The molecule has 3 unspecified atom stereocenters. The first-order valence-electron chi connectivity index (χ1n) is 7.35. The number of aliphatic carboxylic acids is 1. The van der Waals surface area contributed by atoms with Crippen molar-refractivity contribution in [1.29, 1.82) is 0 Å². The number of carboxylic acids is 1. The van der Waals surface area contributed by atoms with Crippen molar-refractivity contribution in [2.24, 2.45) is 11.8 Å². The summed E-state index contributed by atoms with van der Waals surface area (Å²) < 4.78 is 0. The fraction of sp³-hybridized carbons (Fsp3) is 0.600. The predicted octanol–water partition coefficient (Wildman–Crippen LogP) is 2.49. The van der Waals surface area contributed by atoms with Crippen LogP contribution in [0.1, 0.15) is 24.1 Å². The fourth-order valence-corrected chi connectivity index (χ4v) is 4.50. The second kappa shape index (κ2) is 5.67. The maximum atomic E-state index is 12.6. The second-order valence-corrected chi connectivity index (χ2v) is 7.04. The Kier molecular flexibility index (Phi) is 3.89. The van der Waals surface area contributed by atoms with Crippen molar-refractivity contribution in [3.05, 3.63) is 22.4 Å². The molecule has 1 aliphatic heterocycles. The zero-order chi connectivity index (χ0) is 15.0. The van der Waals surface area contributed by atoms with Gasteiger partial charge in [0.1, 0.15) is 6.04 Å². The van der Waals surface area contributed by atoms with Crippen molar-refractivity contribution < 1.29 is 14.7 Å². The van der Waals surface area contributed by atoms with Gasteiger partial charge in [-0.1, -0.05) is 12.5 Å². The van der Waals surface area contributed by atoms with Crippen LogP contribution in [-0.2, 0) is 11.3 Å². The maximum absolute atomic E-state index is 12.6. The monoisotopic (exact) mass is 308 g/mol. The summed E-state index contributed by atoms with van der Waals surface area (Å²) in [5, 5.41) is 11.5. The van der Waals surface area contributed by atoms with Gasteiger partial charge in [-0.3, -0.25) is 0 Å². The van der Waals surface area contributed by atoms with Crippen LogP contribution in [0, 0.1) is 11.8 Å². The van der Waals surface area contributed by atoms with Gasteiger partial charge in [-0.05, 0) is 36.1 Å². The third-order valence-electron chi connectivity index (χ3n) is 4.69. The number of carboxylic acid groups (broad SMARTS) is 1. The van der Waals surface area contributed by atoms with Crippen molar-refractivity contribution >= 4 is 23.3 Å². The first-order chi connectivity index (χ1) is 10.1. The van der Waals surface area contributed by atoms with Gasteiger partial charge in [0.2, 0.25) is 0 Å². The highest BCUT2D eigenvalue weighted by Crippen LogP contribution is 2.42. The van der Waals surface area contributed by atoms with Crippen molar-refractivity contribution in [1.82, 2.24) is 9.80 Å². The molecule has 2 amide bonds. The summed E-state index contributed by atoms with van der Waals surface area (Å²) in [4.78, 5) is 28.5. The molecular formula is C15H20N2O3S. The number of amides is 2. The van der Waals surface area contributed by atoms with Gasteiger partial charge < -0.3 is 14.9 Å². The predicted molar refractivity (Wildman–Crippen MR) is 80.1 cm³/mol. The van der Waals surface area contributed by atoms with Gasteiger partial charge >= 0.3 is 12.0 Å². The molecule has 1 N–H and O–H groups in total. The van der Waals surface area contributed by atoms with E-state index in [0.29, 0.717) is 19.0 Å². The average molecular weight is 308 g/mol. The highest BCUT2D eigenvalue weighted by atomic mass is 32.1. The topological polar surface area (TPSA) is 60.9 Å². The van der Waals surface area contributed by atoms with Crippen LogP contribution < -0.4 is 0 Å². The van der Waals surface area contributed by atoms with Gasteiger partial charge in [0.25, 0.3) is 0 Å². The number of hydrogen-bond donors (Lipinski definition) is 1. The van der Waals surface area contributed by atoms with Crippen molar-refractivity contribution in [2.75, 3.05) is 13.6 Å². The number of fused-ring (bicyclic) bond motifs is 1. The van der Waals surface area contributed by atoms with Crippen LogP contribution in [0.25, 0.3) is 0 Å². The molecule has 0 radical (unpaired) electrons. The molecule has 1 aromatic heterocycles. The van der Waals surface area contributed by atoms with E-state index in [1.807, 2.05) is 17.5 Å². The van der Waals surface area contributed by atoms with E-state index in [4.69, 9.17) is 0 Å². The highest BCUT2D eigenvalue weighted by molar-refractivity contribution is 7.09. The summed E-state index contributed by atoms with van der Waals surface area (Å²) >= 11 is 1.61. The van der Waals surface area contributed by atoms with Crippen LogP contribution in [0.15, 0.2) is 17.5 Å². The van der Waals surface area contributed by atoms with E-state index in [0.717, 1.165) is 24.1 Å². The van der Waals surface area contributed by atoms with Crippen LogP contribution in [0.4, 0.5) is 4.79 Å². The summed E-state index contributed by atoms with van der Waals surface area (Å²) in [6.45, 7) is 1.13. The normalized spacial score (nSPS) is 27.7. The number of urea groups is 1. The minimum absolute atomic E-state index is 0.140. The summed E-state index contributed by atoms with van der Waals surface area (Å²) in [6.07, 6.45) is 3.07. The van der Waals surface area contributed by atoms with Crippen molar-refractivity contribution in [3.8, 4) is 0 Å². The number of rotatable bonds is 3. The minimum atomic E-state index is -0.859. The molecule has 0 spiro atoms. The fourth-order valence-electron chi connectivity index (χ4n) is 3.74. The second-order valence-electron chi connectivity index (χ2n) is 6.01. The SMILES string of the molecule is CN(Cc1cccs1)C(=O)N1CC2CCCC2C1C(=O)O. The lowest BCUT2D eigenvalue weighted by atomic mass is 9.94. The third-order valence-corrected chi connectivity index (χ3v) is 5.55. The molecule has 1 aromatic rings. The molecule has 2 heterocycles. The van der Waals surface area contributed by atoms with Crippen LogP contribution in [-0.4, -0.2) is 46.5 Å². The Hall–Kier alpha value is -1.56. The van der Waals surface area contributed by atoms with Crippen LogP contribution in [0.3, 0.4) is 0 Å². The van der Waals surface area contributed by atoms with E-state index in [-0.39, 0.29) is 11.9 Å². The Morgan fingerprint density at radius 1 is 1.48 bits per heavy atom. The lowest BCUT2D eigenvalue weighted by Crippen LogP contribution is -2.48. The van der Waals surface area contributed by atoms with Crippen molar-refractivity contribution in [2.45, 2.75) is 31.8 Å². The summed E-state index contributed by atoms with van der Waals surface area (Å²) in [7, 11) is 1.75. The molecule has 21 heavy (non-hydrogen) atoms. The molecule has 114 valence electrons. The summed E-state index contributed by atoms with van der Waals surface area (Å²) in [5.74, 6) is -0.353. The molecule has 5 nitrogen and oxygen atoms in total. The number of nitrogens with zero attached hydrogens (tertiary/aromatic N) is 2. The zero-order valence-corrected chi connectivity index (χ0v) is 12.9. The van der Waals surface area contributed by atoms with E-state index in [1.165, 1.54) is 0 Å². The number of thiophene rings is 1. The first-order valence-corrected chi connectivity index (χ1v) is 8.23. The Balaban J connectivity index is 1.72. The van der Waals surface area contributed by atoms with E-state index < -0.39 is 12.0 Å². The lowest BCUT2D eigenvalue weighted by Gasteiger charge is -2.29. The minimum Gasteiger partial charge on any atom is -0.480 e. The van der Waals surface area contributed by atoms with E-state index in [2.05, 4.69) is 0 Å². The molecule has 1 aliphatic carbocycles. The van der Waals surface area contributed by atoms with Gasteiger partial charge in [-0.15, -0.1) is 11.3 Å². The maximum Gasteiger partial charge on any atom is 0.326 e. The lowest BCUT2D eigenvalue weighted by molar-refractivity contribution is -0.142. The Bertz CT molecular complexity index is 531. The number of carbonyl (C=O) groups excluding carboxylic acids is 1. The highest BCUT2D eigenvalue weighted by Gasteiger charge is 2.50. The van der Waals surface area contributed by atoms with Gasteiger partial charge in [-0.2, -0.15) is 0 Å². The Labute approximate surface area is 128 Å². The number of hydrogen-bond acceptors (Lipinski definition) is 3. The number of likely N-dealkylation sites (tertiary alicyclic amines) is 1. The average Bonchev–Trinajstić information content (AvgIpc) is 3.12. The molecule has 2 aliphatic rings. The zero-order valence-electron chi connectivity index (χ0n) is 12.1. The van der Waals surface area contributed by atoms with Gasteiger partial charge in [0.15, 0.2) is 0 Å². The smallest absolute Gasteiger partial charge is 0.326 e. The van der Waals surface area contributed by atoms with Crippen LogP contribution in [0.5, 0.6) is 0 Å². The van der Waals surface area contributed by atoms with Crippen LogP contribution in [0.2, 0.25) is 0 Å². The molecule has 1 saturated carbocycles. The largest absolute Gasteiger partial charge is 0.480 e. The van der Waals surface area contributed by atoms with E-state index in [1.54, 1.807) is 28.2 Å². The van der Waals surface area contributed by atoms with Crippen LogP contribution >= 0.6 is 11.3 Å². The van der Waals surface area contributed by atoms with E-state index in [9.17, 15) is 14.7 Å². The molecule has 2 fully saturated rings. The molecule has 6 heteroatoms. The molecule has 3 atom stereocenters. The van der Waals surface area contributed by atoms with Gasteiger partial charge in [0.05, 0.1) is 6.54 Å². The number of carbonyl (C=O) groups is 2. The molecule has 0 aromatic carbocycles. The Morgan fingerprint density at radius 3 is 2.95 bits per heavy atom. The molecule has 3 rings (SSSR count). The molecule has 1 saturated heterocycles. The summed E-state index contributed by atoms with van der Waals surface area (Å²) in [5.41, 5.74) is 0. The quantitative estimate of drug-likeness (QED) is 0.933. The molecule has 0 bridgehead atoms. The van der Waals surface area contributed by atoms with Gasteiger partial charge in [-0.25, -0.2) is 9.59 Å². The first kappa shape index (κ1) is 14.4. The molecular weight excluding hydrogens is 288 g/mol.